The maximum atomic E-state index is 12.4. The van der Waals surface area contributed by atoms with Gasteiger partial charge in [-0.1, -0.05) is 18.2 Å². The normalized spacial score (nSPS) is 11.0. The smallest absolute Gasteiger partial charge is 0.343 e. The fraction of sp³-hybridized carbons (Fsp3) is 0.227. The summed E-state index contributed by atoms with van der Waals surface area (Å²) in [6.07, 6.45) is 0.642. The van der Waals surface area contributed by atoms with E-state index in [1.807, 2.05) is 42.5 Å². The predicted octanol–water partition coefficient (Wildman–Crippen LogP) is 3.21. The molecule has 2 aromatic heterocycles. The molecule has 0 aliphatic heterocycles. The van der Waals surface area contributed by atoms with Crippen LogP contribution < -0.4 is 15.2 Å². The topological polar surface area (TPSA) is 101 Å². The van der Waals surface area contributed by atoms with Crippen LogP contribution in [0, 0.1) is 0 Å². The molecule has 0 aliphatic carbocycles. The van der Waals surface area contributed by atoms with E-state index in [4.69, 9.17) is 24.9 Å². The van der Waals surface area contributed by atoms with E-state index in [-0.39, 0.29) is 11.4 Å². The van der Waals surface area contributed by atoms with Crippen molar-refractivity contribution in [2.24, 2.45) is 0 Å². The van der Waals surface area contributed by atoms with Crippen molar-refractivity contribution in [2.45, 2.75) is 13.0 Å². The lowest BCUT2D eigenvalue weighted by atomic mass is 10.1. The van der Waals surface area contributed by atoms with Crippen molar-refractivity contribution in [1.29, 1.82) is 0 Å². The number of hydrogen-bond donors (Lipinski definition) is 1. The van der Waals surface area contributed by atoms with Crippen LogP contribution in [-0.4, -0.2) is 41.8 Å². The maximum Gasteiger partial charge on any atom is 0.343 e. The van der Waals surface area contributed by atoms with Crippen LogP contribution in [0.5, 0.6) is 11.5 Å². The number of methoxy groups -OCH3 is 3. The first-order valence-corrected chi connectivity index (χ1v) is 9.41. The zero-order valence-corrected chi connectivity index (χ0v) is 17.0. The number of hydrogen-bond acceptors (Lipinski definition) is 7. The minimum absolute atomic E-state index is 0.234. The third-order valence-corrected chi connectivity index (χ3v) is 5.05. The first kappa shape index (κ1) is 19.5. The average molecular weight is 406 g/mol. The molecule has 2 N–H and O–H groups in total. The Bertz CT molecular complexity index is 1250. The number of carbonyl (C=O) groups is 1. The number of rotatable bonds is 6. The average Bonchev–Trinajstić information content (AvgIpc) is 3.05. The highest BCUT2D eigenvalue weighted by atomic mass is 16.5. The number of nitrogen functional groups attached to an aromatic ring is 1. The number of ether oxygens (including phenoxy) is 3. The van der Waals surface area contributed by atoms with Gasteiger partial charge < -0.3 is 24.5 Å². The highest BCUT2D eigenvalue weighted by molar-refractivity contribution is 6.08. The summed E-state index contributed by atoms with van der Waals surface area (Å²) in [6.45, 7) is 0.502. The van der Waals surface area contributed by atoms with Gasteiger partial charge >= 0.3 is 5.97 Å². The molecule has 8 nitrogen and oxygen atoms in total. The number of carbonyl (C=O) groups excluding carboxylic acids is 1. The van der Waals surface area contributed by atoms with Crippen LogP contribution in [0.1, 0.15) is 15.9 Å². The predicted molar refractivity (Wildman–Crippen MR) is 114 cm³/mol. The number of nitrogens with zero attached hydrogens (tertiary/aromatic N) is 3. The number of esters is 1. The van der Waals surface area contributed by atoms with Crippen LogP contribution in [0.25, 0.3) is 22.2 Å². The molecule has 30 heavy (non-hydrogen) atoms. The van der Waals surface area contributed by atoms with Crippen LogP contribution in [0.2, 0.25) is 0 Å². The summed E-state index contributed by atoms with van der Waals surface area (Å²) in [4.78, 5) is 21.8. The van der Waals surface area contributed by atoms with Crippen molar-refractivity contribution < 1.29 is 19.0 Å². The molecule has 0 saturated carbocycles. The van der Waals surface area contributed by atoms with Crippen LogP contribution in [0.3, 0.4) is 0 Å². The number of benzene rings is 2. The van der Waals surface area contributed by atoms with E-state index in [1.54, 1.807) is 18.8 Å². The van der Waals surface area contributed by atoms with Crippen molar-refractivity contribution in [2.75, 3.05) is 27.1 Å². The second kappa shape index (κ2) is 7.90. The van der Waals surface area contributed by atoms with Gasteiger partial charge in [-0.3, -0.25) is 0 Å². The second-order valence-corrected chi connectivity index (χ2v) is 6.73. The van der Waals surface area contributed by atoms with Gasteiger partial charge in [0.25, 0.3) is 0 Å². The third-order valence-electron chi connectivity index (χ3n) is 5.05. The van der Waals surface area contributed by atoms with Crippen molar-refractivity contribution in [1.82, 2.24) is 14.5 Å². The van der Waals surface area contributed by atoms with Crippen molar-refractivity contribution in [3.8, 4) is 11.5 Å². The Morgan fingerprint density at radius 3 is 2.37 bits per heavy atom. The van der Waals surface area contributed by atoms with Gasteiger partial charge in [-0.05, 0) is 36.2 Å². The van der Waals surface area contributed by atoms with Gasteiger partial charge in [-0.15, -0.1) is 0 Å². The highest BCUT2D eigenvalue weighted by Gasteiger charge is 2.24. The number of aryl methyl sites for hydroxylation is 2. The molecule has 8 heteroatoms. The third kappa shape index (κ3) is 3.26. The minimum Gasteiger partial charge on any atom is -0.493 e. The first-order chi connectivity index (χ1) is 14.6. The quantitative estimate of drug-likeness (QED) is 0.491. The zero-order chi connectivity index (χ0) is 21.3. The maximum absolute atomic E-state index is 12.4. The molecular formula is C22H22N4O4. The van der Waals surface area contributed by atoms with E-state index in [1.165, 1.54) is 7.11 Å². The molecule has 2 aromatic carbocycles. The molecule has 154 valence electrons. The Morgan fingerprint density at radius 1 is 1.00 bits per heavy atom. The Hall–Kier alpha value is -3.81. The molecule has 4 aromatic rings. The summed E-state index contributed by atoms with van der Waals surface area (Å²) in [5.41, 5.74) is 10.0. The SMILES string of the molecule is COC(=O)c1c(N)n(CCc2ccc(OC)c(OC)c2)c2nc3ccccc3nc12. The Kier molecular flexibility index (Phi) is 5.14. The Labute approximate surface area is 173 Å². The largest absolute Gasteiger partial charge is 0.493 e. The summed E-state index contributed by atoms with van der Waals surface area (Å²) in [6, 6.07) is 13.2. The Balaban J connectivity index is 1.79. The van der Waals surface area contributed by atoms with E-state index in [0.29, 0.717) is 41.1 Å². The minimum atomic E-state index is -0.535. The fourth-order valence-electron chi connectivity index (χ4n) is 3.52. The van der Waals surface area contributed by atoms with E-state index >= 15 is 0 Å². The van der Waals surface area contributed by atoms with Crippen LogP contribution in [0.15, 0.2) is 42.5 Å². The molecule has 0 unspecified atom stereocenters. The van der Waals surface area contributed by atoms with E-state index in [2.05, 4.69) is 4.98 Å². The lowest BCUT2D eigenvalue weighted by Crippen LogP contribution is -2.09. The molecule has 0 spiro atoms. The number of aromatic nitrogens is 3. The Morgan fingerprint density at radius 2 is 1.70 bits per heavy atom. The van der Waals surface area contributed by atoms with Gasteiger partial charge in [0, 0.05) is 6.54 Å². The van der Waals surface area contributed by atoms with Gasteiger partial charge in [0.15, 0.2) is 17.1 Å². The number of anilines is 1. The molecular weight excluding hydrogens is 384 g/mol. The van der Waals surface area contributed by atoms with Crippen molar-refractivity contribution in [3.05, 3.63) is 53.6 Å². The molecule has 0 aliphatic rings. The van der Waals surface area contributed by atoms with Crippen LogP contribution in [0.4, 0.5) is 5.82 Å². The van der Waals surface area contributed by atoms with Gasteiger partial charge in [-0.2, -0.15) is 0 Å². The summed E-state index contributed by atoms with van der Waals surface area (Å²) >= 11 is 0. The molecule has 0 saturated heterocycles. The fourth-order valence-corrected chi connectivity index (χ4v) is 3.52. The number of nitrogens with two attached hydrogens (primary N) is 1. The first-order valence-electron chi connectivity index (χ1n) is 9.41. The van der Waals surface area contributed by atoms with E-state index in [0.717, 1.165) is 11.1 Å². The lowest BCUT2D eigenvalue weighted by Gasteiger charge is -2.11. The molecule has 0 radical (unpaired) electrons. The van der Waals surface area contributed by atoms with Gasteiger partial charge in [0.2, 0.25) is 0 Å². The molecule has 0 bridgehead atoms. The monoisotopic (exact) mass is 406 g/mol. The van der Waals surface area contributed by atoms with Crippen LogP contribution in [-0.2, 0) is 17.7 Å². The number of para-hydroxylation sites is 2. The molecule has 2 heterocycles. The zero-order valence-electron chi connectivity index (χ0n) is 17.0. The van der Waals surface area contributed by atoms with Crippen LogP contribution >= 0.6 is 0 Å². The van der Waals surface area contributed by atoms with E-state index < -0.39 is 5.97 Å². The second-order valence-electron chi connectivity index (χ2n) is 6.73. The van der Waals surface area contributed by atoms with E-state index in [9.17, 15) is 4.79 Å². The number of fused-ring (bicyclic) bond motifs is 2. The highest BCUT2D eigenvalue weighted by Crippen LogP contribution is 2.30. The lowest BCUT2D eigenvalue weighted by molar-refractivity contribution is 0.0604. The van der Waals surface area contributed by atoms with Gasteiger partial charge in [0.1, 0.15) is 16.9 Å². The summed E-state index contributed by atoms with van der Waals surface area (Å²) < 4.78 is 17.4. The van der Waals surface area contributed by atoms with Crippen molar-refractivity contribution in [3.63, 3.8) is 0 Å². The molecule has 4 rings (SSSR count). The molecule has 0 amide bonds. The van der Waals surface area contributed by atoms with Crippen molar-refractivity contribution >= 4 is 34.0 Å². The summed E-state index contributed by atoms with van der Waals surface area (Å²) in [5, 5.41) is 0. The van der Waals surface area contributed by atoms with Gasteiger partial charge in [0.05, 0.1) is 32.4 Å². The van der Waals surface area contributed by atoms with Gasteiger partial charge in [-0.25, -0.2) is 14.8 Å². The summed E-state index contributed by atoms with van der Waals surface area (Å²) in [7, 11) is 4.52. The molecule has 0 atom stereocenters. The standard InChI is InChI=1S/C22H22N4O4/c1-28-16-9-8-13(12-17(16)29-2)10-11-26-20(23)18(22(27)30-3)19-21(26)25-15-7-5-4-6-14(15)24-19/h4-9,12H,10-11,23H2,1-3H3. The molecule has 0 fully saturated rings. The summed E-state index contributed by atoms with van der Waals surface area (Å²) in [5.74, 6) is 1.07.